The molecule has 1 fully saturated rings. The molecule has 2 rings (SSSR count). The Morgan fingerprint density at radius 3 is 2.63 bits per heavy atom. The Morgan fingerprint density at radius 1 is 1.32 bits per heavy atom. The number of amides is 1. The molecule has 0 aromatic heterocycles. The summed E-state index contributed by atoms with van der Waals surface area (Å²) < 4.78 is 0. The molecule has 0 atom stereocenters. The number of anilines is 1. The number of hydrogen-bond acceptors (Lipinski definition) is 3. The van der Waals surface area contributed by atoms with Gasteiger partial charge in [-0.3, -0.25) is 4.79 Å². The van der Waals surface area contributed by atoms with Crippen LogP contribution in [0.15, 0.2) is 30.3 Å². The molecule has 1 amide bonds. The molecular weight excluding hydrogens is 238 g/mol. The highest BCUT2D eigenvalue weighted by Crippen LogP contribution is 2.16. The van der Waals surface area contributed by atoms with Crippen LogP contribution in [0.25, 0.3) is 6.08 Å². The van der Waals surface area contributed by atoms with Gasteiger partial charge in [0, 0.05) is 45.3 Å². The normalized spacial score (nSPS) is 15.7. The van der Waals surface area contributed by atoms with Crippen LogP contribution in [-0.2, 0) is 4.79 Å². The Balaban J connectivity index is 1.88. The first-order chi connectivity index (χ1) is 9.25. The van der Waals surface area contributed by atoms with Gasteiger partial charge in [0.25, 0.3) is 0 Å². The SMILES string of the molecule is CC(=O)NCC=Cc1ccc(N2CCNCC2)cc1. The van der Waals surface area contributed by atoms with E-state index in [1.54, 1.807) is 0 Å². The average Bonchev–Trinajstić information content (AvgIpc) is 2.45. The third kappa shape index (κ3) is 4.41. The summed E-state index contributed by atoms with van der Waals surface area (Å²) in [6, 6.07) is 8.54. The summed E-state index contributed by atoms with van der Waals surface area (Å²) in [6.07, 6.45) is 3.98. The van der Waals surface area contributed by atoms with Gasteiger partial charge in [0.05, 0.1) is 0 Å². The number of carbonyl (C=O) groups excluding carboxylic acids is 1. The second-order valence-corrected chi connectivity index (χ2v) is 4.67. The lowest BCUT2D eigenvalue weighted by molar-refractivity contribution is -0.118. The Labute approximate surface area is 114 Å². The van der Waals surface area contributed by atoms with Gasteiger partial charge in [-0.05, 0) is 17.7 Å². The minimum atomic E-state index is -0.00120. The number of hydrogen-bond donors (Lipinski definition) is 2. The number of carbonyl (C=O) groups is 1. The van der Waals surface area contributed by atoms with E-state index < -0.39 is 0 Å². The van der Waals surface area contributed by atoms with Gasteiger partial charge < -0.3 is 15.5 Å². The first-order valence-corrected chi connectivity index (χ1v) is 6.72. The summed E-state index contributed by atoms with van der Waals surface area (Å²) in [6.45, 7) is 6.34. The smallest absolute Gasteiger partial charge is 0.217 e. The van der Waals surface area contributed by atoms with Crippen molar-refractivity contribution in [3.63, 3.8) is 0 Å². The van der Waals surface area contributed by atoms with Crippen molar-refractivity contribution >= 4 is 17.7 Å². The lowest BCUT2D eigenvalue weighted by Gasteiger charge is -2.29. The maximum atomic E-state index is 10.7. The molecule has 1 aliphatic heterocycles. The average molecular weight is 259 g/mol. The topological polar surface area (TPSA) is 44.4 Å². The van der Waals surface area contributed by atoms with Crippen LogP contribution in [0.2, 0.25) is 0 Å². The van der Waals surface area contributed by atoms with Crippen molar-refractivity contribution in [3.05, 3.63) is 35.9 Å². The van der Waals surface area contributed by atoms with E-state index in [2.05, 4.69) is 39.8 Å². The maximum Gasteiger partial charge on any atom is 0.217 e. The van der Waals surface area contributed by atoms with Crippen molar-refractivity contribution in [1.29, 1.82) is 0 Å². The molecule has 1 aliphatic rings. The Morgan fingerprint density at radius 2 is 2.00 bits per heavy atom. The predicted molar refractivity (Wildman–Crippen MR) is 79.2 cm³/mol. The third-order valence-electron chi connectivity index (χ3n) is 3.15. The zero-order valence-corrected chi connectivity index (χ0v) is 11.4. The minimum absolute atomic E-state index is 0.00120. The monoisotopic (exact) mass is 259 g/mol. The van der Waals surface area contributed by atoms with Gasteiger partial charge in [0.2, 0.25) is 5.91 Å². The second-order valence-electron chi connectivity index (χ2n) is 4.67. The van der Waals surface area contributed by atoms with E-state index in [0.717, 1.165) is 31.7 Å². The lowest BCUT2D eigenvalue weighted by Crippen LogP contribution is -2.43. The van der Waals surface area contributed by atoms with Gasteiger partial charge in [-0.25, -0.2) is 0 Å². The largest absolute Gasteiger partial charge is 0.369 e. The molecule has 1 aromatic carbocycles. The van der Waals surface area contributed by atoms with Gasteiger partial charge in [-0.15, -0.1) is 0 Å². The summed E-state index contributed by atoms with van der Waals surface area (Å²) in [4.78, 5) is 13.1. The molecule has 1 heterocycles. The molecule has 1 saturated heterocycles. The molecular formula is C15H21N3O. The Kier molecular flexibility index (Phi) is 4.98. The Bertz CT molecular complexity index is 433. The minimum Gasteiger partial charge on any atom is -0.369 e. The van der Waals surface area contributed by atoms with Crippen LogP contribution in [0.3, 0.4) is 0 Å². The first-order valence-electron chi connectivity index (χ1n) is 6.72. The Hall–Kier alpha value is -1.81. The molecule has 0 bridgehead atoms. The molecule has 2 N–H and O–H groups in total. The van der Waals surface area contributed by atoms with E-state index in [-0.39, 0.29) is 5.91 Å². The predicted octanol–water partition coefficient (Wildman–Crippen LogP) is 1.25. The van der Waals surface area contributed by atoms with E-state index in [4.69, 9.17) is 0 Å². The summed E-state index contributed by atoms with van der Waals surface area (Å²) in [5, 5.41) is 6.09. The summed E-state index contributed by atoms with van der Waals surface area (Å²) in [5.74, 6) is -0.00120. The highest BCUT2D eigenvalue weighted by molar-refractivity contribution is 5.73. The maximum absolute atomic E-state index is 10.7. The molecule has 19 heavy (non-hydrogen) atoms. The molecule has 0 radical (unpaired) electrons. The first kappa shape index (κ1) is 13.6. The molecule has 0 unspecified atom stereocenters. The number of nitrogens with zero attached hydrogens (tertiary/aromatic N) is 1. The number of nitrogens with one attached hydrogen (secondary N) is 2. The fourth-order valence-corrected chi connectivity index (χ4v) is 2.12. The van der Waals surface area contributed by atoms with Crippen molar-refractivity contribution in [2.24, 2.45) is 0 Å². The van der Waals surface area contributed by atoms with Gasteiger partial charge in [-0.2, -0.15) is 0 Å². The fourth-order valence-electron chi connectivity index (χ4n) is 2.12. The van der Waals surface area contributed by atoms with Crippen molar-refractivity contribution in [3.8, 4) is 0 Å². The lowest BCUT2D eigenvalue weighted by atomic mass is 10.1. The van der Waals surface area contributed by atoms with Gasteiger partial charge in [-0.1, -0.05) is 24.3 Å². The highest BCUT2D eigenvalue weighted by atomic mass is 16.1. The van der Waals surface area contributed by atoms with Crippen molar-refractivity contribution in [2.45, 2.75) is 6.92 Å². The summed E-state index contributed by atoms with van der Waals surface area (Å²) in [7, 11) is 0. The van der Waals surface area contributed by atoms with Crippen molar-refractivity contribution in [1.82, 2.24) is 10.6 Å². The van der Waals surface area contributed by atoms with Crippen LogP contribution in [-0.4, -0.2) is 38.6 Å². The van der Waals surface area contributed by atoms with E-state index in [1.807, 2.05) is 12.2 Å². The zero-order chi connectivity index (χ0) is 13.5. The molecule has 0 spiro atoms. The van der Waals surface area contributed by atoms with Gasteiger partial charge in [0.15, 0.2) is 0 Å². The van der Waals surface area contributed by atoms with Crippen LogP contribution < -0.4 is 15.5 Å². The number of benzene rings is 1. The molecule has 102 valence electrons. The van der Waals surface area contributed by atoms with E-state index in [0.29, 0.717) is 6.54 Å². The number of piperazine rings is 1. The molecule has 0 saturated carbocycles. The standard InChI is InChI=1S/C15H21N3O/c1-13(19)17-8-2-3-14-4-6-15(7-5-14)18-11-9-16-10-12-18/h2-7,16H,8-12H2,1H3,(H,17,19). The third-order valence-corrected chi connectivity index (χ3v) is 3.15. The van der Waals surface area contributed by atoms with Crippen molar-refractivity contribution < 1.29 is 4.79 Å². The van der Waals surface area contributed by atoms with Crippen LogP contribution in [0, 0.1) is 0 Å². The number of rotatable bonds is 4. The van der Waals surface area contributed by atoms with Crippen LogP contribution in [0.5, 0.6) is 0 Å². The van der Waals surface area contributed by atoms with Gasteiger partial charge >= 0.3 is 0 Å². The van der Waals surface area contributed by atoms with E-state index in [9.17, 15) is 4.79 Å². The van der Waals surface area contributed by atoms with Crippen LogP contribution in [0.1, 0.15) is 12.5 Å². The molecule has 4 heteroatoms. The quantitative estimate of drug-likeness (QED) is 0.855. The zero-order valence-electron chi connectivity index (χ0n) is 11.4. The second kappa shape index (κ2) is 6.95. The molecule has 0 aliphatic carbocycles. The van der Waals surface area contributed by atoms with E-state index >= 15 is 0 Å². The van der Waals surface area contributed by atoms with Crippen molar-refractivity contribution in [2.75, 3.05) is 37.6 Å². The summed E-state index contributed by atoms with van der Waals surface area (Å²) in [5.41, 5.74) is 2.43. The highest BCUT2D eigenvalue weighted by Gasteiger charge is 2.09. The van der Waals surface area contributed by atoms with E-state index in [1.165, 1.54) is 12.6 Å². The molecule has 4 nitrogen and oxygen atoms in total. The van der Waals surface area contributed by atoms with Crippen LogP contribution in [0.4, 0.5) is 5.69 Å². The molecule has 1 aromatic rings. The summed E-state index contributed by atoms with van der Waals surface area (Å²) >= 11 is 0. The van der Waals surface area contributed by atoms with Crippen LogP contribution >= 0.6 is 0 Å². The fraction of sp³-hybridized carbons (Fsp3) is 0.400. The van der Waals surface area contributed by atoms with Gasteiger partial charge in [0.1, 0.15) is 0 Å².